The van der Waals surface area contributed by atoms with E-state index < -0.39 is 6.23 Å². The number of nitrogens with one attached hydrogen (secondary N) is 3. The Bertz CT molecular complexity index is 1840. The van der Waals surface area contributed by atoms with Crippen molar-refractivity contribution in [3.8, 4) is 11.1 Å². The lowest BCUT2D eigenvalue weighted by molar-refractivity contribution is -0.911. The number of unbranched alkanes of at least 4 members (excludes halogenated alkanes) is 1. The van der Waals surface area contributed by atoms with E-state index in [1.54, 1.807) is 10.8 Å². The Hall–Kier alpha value is -4.28. The van der Waals surface area contributed by atoms with Crippen molar-refractivity contribution in [3.05, 3.63) is 70.3 Å². The molecule has 0 radical (unpaired) electrons. The van der Waals surface area contributed by atoms with Crippen LogP contribution < -0.4 is 30.8 Å². The van der Waals surface area contributed by atoms with E-state index in [0.717, 1.165) is 54.6 Å². The zero-order chi connectivity index (χ0) is 41.3. The fraction of sp³-hybridized carbons (Fsp3) is 0.628. The smallest absolute Gasteiger partial charge is 0.351 e. The van der Waals surface area contributed by atoms with Gasteiger partial charge in [-0.2, -0.15) is 4.98 Å². The molecule has 3 aromatic rings. The van der Waals surface area contributed by atoms with Gasteiger partial charge in [0.05, 0.1) is 61.4 Å². The van der Waals surface area contributed by atoms with Gasteiger partial charge in [-0.15, -0.1) is 9.13 Å². The summed E-state index contributed by atoms with van der Waals surface area (Å²) in [6.07, 6.45) is 14.9. The molecule has 2 aliphatic heterocycles. The van der Waals surface area contributed by atoms with Crippen molar-refractivity contribution >= 4 is 17.6 Å². The molecule has 3 aromatic heterocycles. The first kappa shape index (κ1) is 44.8. The second-order valence-electron chi connectivity index (χ2n) is 15.2. The standard InChI is InChI=1S/C43H63N7O8/c1-6-8-15-44-39(51)12-11-33(5)57-38-26-40(58-37(38)7-2)50-27-32(4)41(47-43(50)53)45-16-9-20-54-22-24-56-25-23-55-21-10-17-46-42(52)34-14-19-49-29-36(34)35-28-48(30-49)18-13-31(35)3/h13-14,18-19,27-29,33,37-38,40H,6-12,15-17,20-26,30H2,1-5H3,(H-2,44,45,46,47,51,52,53)/p+2. The minimum atomic E-state index is -0.460. The fourth-order valence-electron chi connectivity index (χ4n) is 7.12. The topological polar surface area (TPSA) is 159 Å². The van der Waals surface area contributed by atoms with Gasteiger partial charge in [0, 0.05) is 69.6 Å². The van der Waals surface area contributed by atoms with E-state index >= 15 is 0 Å². The SMILES string of the molecule is CCCCNC(=O)CCC(C)OC1CC(n2cc(C)c(NCCCOCCOCCOCCCNC(=O)c3cc[n+]4cc3-c3c[n+](ccc3C)C4)nc2=O)OC1CC. The van der Waals surface area contributed by atoms with Crippen molar-refractivity contribution in [2.24, 2.45) is 0 Å². The quantitative estimate of drug-likeness (QED) is 0.0631. The summed E-state index contributed by atoms with van der Waals surface area (Å²) in [6.45, 7) is 15.6. The maximum absolute atomic E-state index is 13.1. The molecular formula is C43H65N7O8+2. The zero-order valence-electron chi connectivity index (χ0n) is 35.1. The van der Waals surface area contributed by atoms with Crippen LogP contribution in [0.4, 0.5) is 5.82 Å². The Kier molecular flexibility index (Phi) is 18.0. The lowest BCUT2D eigenvalue weighted by Crippen LogP contribution is -2.50. The van der Waals surface area contributed by atoms with Crippen molar-refractivity contribution in [1.82, 2.24) is 20.2 Å². The number of hydrogen-bond acceptors (Lipinski definition) is 10. The van der Waals surface area contributed by atoms with Crippen molar-refractivity contribution in [3.63, 3.8) is 0 Å². The van der Waals surface area contributed by atoms with Crippen molar-refractivity contribution in [2.75, 3.05) is 64.6 Å². The molecule has 2 amide bonds. The minimum Gasteiger partial charge on any atom is -0.379 e. The third-order valence-electron chi connectivity index (χ3n) is 10.4. The number of pyridine rings is 2. The molecule has 3 N–H and O–H groups in total. The van der Waals surface area contributed by atoms with Gasteiger partial charge in [-0.1, -0.05) is 20.3 Å². The van der Waals surface area contributed by atoms with Gasteiger partial charge in [0.25, 0.3) is 5.91 Å². The van der Waals surface area contributed by atoms with E-state index in [2.05, 4.69) is 62.4 Å². The molecule has 0 spiro atoms. The van der Waals surface area contributed by atoms with Crippen LogP contribution in [0, 0.1) is 13.8 Å². The lowest BCUT2D eigenvalue weighted by atomic mass is 9.99. The predicted octanol–water partition coefficient (Wildman–Crippen LogP) is 3.76. The highest BCUT2D eigenvalue weighted by Gasteiger charge is 2.37. The largest absolute Gasteiger partial charge is 0.379 e. The van der Waals surface area contributed by atoms with E-state index in [9.17, 15) is 14.4 Å². The van der Waals surface area contributed by atoms with Crippen LogP contribution in [0.1, 0.15) is 99.9 Å². The predicted molar refractivity (Wildman–Crippen MR) is 218 cm³/mol. The third kappa shape index (κ3) is 13.4. The normalized spacial score (nSPS) is 17.5. The molecule has 318 valence electrons. The Morgan fingerprint density at radius 1 is 0.897 bits per heavy atom. The average molecular weight is 808 g/mol. The molecule has 2 aliphatic rings. The molecule has 1 fully saturated rings. The molecule has 1 saturated heterocycles. The molecule has 15 heteroatoms. The molecule has 5 heterocycles. The van der Waals surface area contributed by atoms with Crippen molar-refractivity contribution in [2.45, 2.75) is 117 Å². The molecule has 58 heavy (non-hydrogen) atoms. The molecular weight excluding hydrogens is 743 g/mol. The van der Waals surface area contributed by atoms with Crippen LogP contribution in [-0.4, -0.2) is 99.0 Å². The van der Waals surface area contributed by atoms with Crippen molar-refractivity contribution < 1.29 is 42.4 Å². The summed E-state index contributed by atoms with van der Waals surface area (Å²) >= 11 is 0. The summed E-state index contributed by atoms with van der Waals surface area (Å²) in [6, 6.07) is 3.97. The highest BCUT2D eigenvalue weighted by atomic mass is 16.6. The number of aryl methyl sites for hydroxylation is 2. The van der Waals surface area contributed by atoms with Crippen LogP contribution in [0.5, 0.6) is 0 Å². The van der Waals surface area contributed by atoms with Gasteiger partial charge in [0.1, 0.15) is 12.0 Å². The number of ether oxygens (including phenoxy) is 5. The fourth-order valence-corrected chi connectivity index (χ4v) is 7.12. The Balaban J connectivity index is 0.882. The lowest BCUT2D eigenvalue weighted by Gasteiger charge is -2.22. The van der Waals surface area contributed by atoms with E-state index in [0.29, 0.717) is 96.3 Å². The Morgan fingerprint density at radius 2 is 1.57 bits per heavy atom. The van der Waals surface area contributed by atoms with Gasteiger partial charge in [0.2, 0.25) is 5.91 Å². The Morgan fingerprint density at radius 3 is 2.29 bits per heavy atom. The van der Waals surface area contributed by atoms with Crippen LogP contribution in [0.25, 0.3) is 11.1 Å². The maximum Gasteiger partial charge on any atom is 0.351 e. The zero-order valence-corrected chi connectivity index (χ0v) is 35.1. The summed E-state index contributed by atoms with van der Waals surface area (Å²) in [4.78, 5) is 42.5. The number of nitrogens with zero attached hydrogens (tertiary/aromatic N) is 4. The van der Waals surface area contributed by atoms with Crippen molar-refractivity contribution in [1.29, 1.82) is 0 Å². The Labute approximate surface area is 342 Å². The molecule has 4 atom stereocenters. The van der Waals surface area contributed by atoms with Crippen LogP contribution in [0.2, 0.25) is 0 Å². The number of anilines is 1. The van der Waals surface area contributed by atoms with E-state index in [-0.39, 0.29) is 35.8 Å². The van der Waals surface area contributed by atoms with Gasteiger partial charge in [-0.25, -0.2) is 4.79 Å². The second-order valence-corrected chi connectivity index (χ2v) is 15.2. The molecule has 0 aliphatic carbocycles. The number of amides is 2. The highest BCUT2D eigenvalue weighted by molar-refractivity contribution is 6.00. The number of rotatable bonds is 26. The van der Waals surface area contributed by atoms with Crippen LogP contribution in [0.3, 0.4) is 0 Å². The molecule has 5 rings (SSSR count). The monoisotopic (exact) mass is 807 g/mol. The van der Waals surface area contributed by atoms with Gasteiger partial charge in [-0.3, -0.25) is 14.2 Å². The molecule has 4 unspecified atom stereocenters. The van der Waals surface area contributed by atoms with E-state index in [1.807, 2.05) is 39.2 Å². The summed E-state index contributed by atoms with van der Waals surface area (Å²) in [7, 11) is 0. The molecule has 4 bridgehead atoms. The first-order chi connectivity index (χ1) is 28.2. The first-order valence-corrected chi connectivity index (χ1v) is 21.1. The highest BCUT2D eigenvalue weighted by Crippen LogP contribution is 2.33. The minimum absolute atomic E-state index is 0.0505. The van der Waals surface area contributed by atoms with Gasteiger partial charge >= 0.3 is 12.4 Å². The number of fused-ring (bicyclic) bond motifs is 5. The summed E-state index contributed by atoms with van der Waals surface area (Å²) in [5.74, 6) is 0.517. The number of aromatic nitrogens is 4. The summed E-state index contributed by atoms with van der Waals surface area (Å²) < 4.78 is 35.3. The number of hydrogen-bond donors (Lipinski definition) is 3. The molecule has 0 aromatic carbocycles. The average Bonchev–Trinajstić information content (AvgIpc) is 3.57. The second kappa shape index (κ2) is 23.3. The van der Waals surface area contributed by atoms with E-state index in [4.69, 9.17) is 23.7 Å². The number of carbonyl (C=O) groups excluding carboxylic acids is 2. The van der Waals surface area contributed by atoms with Crippen LogP contribution >= 0.6 is 0 Å². The maximum atomic E-state index is 13.1. The van der Waals surface area contributed by atoms with E-state index in [1.165, 1.54) is 0 Å². The van der Waals surface area contributed by atoms with Gasteiger partial charge in [0.15, 0.2) is 24.8 Å². The number of carbonyl (C=O) groups is 2. The summed E-state index contributed by atoms with van der Waals surface area (Å²) in [5.41, 5.74) is 4.29. The van der Waals surface area contributed by atoms with Gasteiger partial charge in [-0.05, 0) is 58.4 Å². The molecule has 15 nitrogen and oxygen atoms in total. The van der Waals surface area contributed by atoms with Crippen LogP contribution in [0.15, 0.2) is 47.9 Å². The first-order valence-electron chi connectivity index (χ1n) is 21.1. The molecule has 0 saturated carbocycles. The summed E-state index contributed by atoms with van der Waals surface area (Å²) in [5, 5.41) is 9.24. The third-order valence-corrected chi connectivity index (χ3v) is 10.4. The van der Waals surface area contributed by atoms with Crippen LogP contribution in [-0.2, 0) is 35.1 Å². The van der Waals surface area contributed by atoms with Gasteiger partial charge < -0.3 is 39.6 Å².